The van der Waals surface area contributed by atoms with Gasteiger partial charge >= 0.3 is 36.0 Å². The molecule has 1 fully saturated rings. The summed E-state index contributed by atoms with van der Waals surface area (Å²) >= 11 is 0. The number of aliphatic hydroxyl groups excluding tert-OH is 1. The number of hydrogen-bond acceptors (Lipinski definition) is 2. The minimum atomic E-state index is -7.45. The number of fused-ring (bicyclic) bond motifs is 1. The lowest BCUT2D eigenvalue weighted by atomic mass is 9.74. The summed E-state index contributed by atoms with van der Waals surface area (Å²) in [5.41, 5.74) is -9.47. The summed E-state index contributed by atoms with van der Waals surface area (Å²) in [5.74, 6) is -35.4. The molecule has 0 aromatic heterocycles. The van der Waals surface area contributed by atoms with E-state index < -0.39 is 81.0 Å². The molecule has 0 saturated heterocycles. The molecule has 198 valence electrons. The fourth-order valence-electron chi connectivity index (χ4n) is 3.95. The molecule has 16 heteroatoms. The summed E-state index contributed by atoms with van der Waals surface area (Å²) in [6.45, 7) is 0. The molecule has 2 aromatic rings. The number of ketones is 1. The van der Waals surface area contributed by atoms with Gasteiger partial charge in [0.05, 0.1) is 5.56 Å². The number of benzene rings is 2. The highest BCUT2D eigenvalue weighted by Crippen LogP contribution is 2.75. The van der Waals surface area contributed by atoms with Crippen LogP contribution in [0.2, 0.25) is 0 Å². The molecular formula is C20H8F14O2. The van der Waals surface area contributed by atoms with E-state index in [1.165, 1.54) is 0 Å². The highest BCUT2D eigenvalue weighted by atomic mass is 19.4. The Morgan fingerprint density at radius 2 is 1.14 bits per heavy atom. The van der Waals surface area contributed by atoms with Gasteiger partial charge in [-0.15, -0.1) is 0 Å². The van der Waals surface area contributed by atoms with Gasteiger partial charge in [0.15, 0.2) is 5.78 Å². The lowest BCUT2D eigenvalue weighted by molar-refractivity contribution is -0.341. The Hall–Kier alpha value is -3.07. The number of hydrogen-bond donors (Lipinski definition) is 1. The molecule has 36 heavy (non-hydrogen) atoms. The fourth-order valence-corrected chi connectivity index (χ4v) is 3.95. The molecule has 0 amide bonds. The Bertz CT molecular complexity index is 1230. The van der Waals surface area contributed by atoms with Gasteiger partial charge < -0.3 is 5.11 Å². The number of halogens is 14. The summed E-state index contributed by atoms with van der Waals surface area (Å²) in [7, 11) is 0. The Morgan fingerprint density at radius 3 is 1.56 bits per heavy atom. The van der Waals surface area contributed by atoms with Gasteiger partial charge in [-0.25, -0.2) is 0 Å². The van der Waals surface area contributed by atoms with E-state index in [1.807, 2.05) is 0 Å². The van der Waals surface area contributed by atoms with E-state index in [9.17, 15) is 71.4 Å². The average molecular weight is 546 g/mol. The van der Waals surface area contributed by atoms with Crippen LogP contribution >= 0.6 is 0 Å². The van der Waals surface area contributed by atoms with Crippen molar-refractivity contribution in [3.63, 3.8) is 0 Å². The van der Waals surface area contributed by atoms with E-state index >= 15 is 0 Å². The molecule has 0 bridgehead atoms. The zero-order valence-corrected chi connectivity index (χ0v) is 16.7. The molecule has 0 spiro atoms. The second kappa shape index (κ2) is 7.47. The molecule has 0 heterocycles. The monoisotopic (exact) mass is 546 g/mol. The lowest BCUT2D eigenvalue weighted by Crippen LogP contribution is -2.64. The highest BCUT2D eigenvalue weighted by Gasteiger charge is 3.06. The molecular weight excluding hydrogens is 538 g/mol. The second-order valence-electron chi connectivity index (χ2n) is 7.64. The lowest BCUT2D eigenvalue weighted by Gasteiger charge is -2.37. The first-order valence-electron chi connectivity index (χ1n) is 9.14. The normalized spacial score (nSPS) is 22.6. The van der Waals surface area contributed by atoms with E-state index in [-0.39, 0.29) is 6.07 Å². The maximum Gasteiger partial charge on any atom is 0.417 e. The van der Waals surface area contributed by atoms with Crippen LogP contribution in [0.15, 0.2) is 42.5 Å². The molecule has 1 saturated carbocycles. The first-order valence-corrected chi connectivity index (χ1v) is 9.14. The van der Waals surface area contributed by atoms with Gasteiger partial charge in [-0.05, 0) is 16.8 Å². The van der Waals surface area contributed by atoms with Crippen LogP contribution in [0.5, 0.6) is 0 Å². The van der Waals surface area contributed by atoms with Crippen molar-refractivity contribution in [2.75, 3.05) is 0 Å². The van der Waals surface area contributed by atoms with Gasteiger partial charge in [0, 0.05) is 11.6 Å². The number of carbonyl (C=O) groups is 1. The van der Waals surface area contributed by atoms with Gasteiger partial charge in [-0.1, -0.05) is 30.3 Å². The third-order valence-electron chi connectivity index (χ3n) is 5.69. The van der Waals surface area contributed by atoms with E-state index in [0.717, 1.165) is 24.3 Å². The number of rotatable bonds is 3. The van der Waals surface area contributed by atoms with Crippen LogP contribution in [0, 0.1) is 5.41 Å². The van der Waals surface area contributed by atoms with Crippen LogP contribution in [0.4, 0.5) is 61.5 Å². The summed E-state index contributed by atoms with van der Waals surface area (Å²) < 4.78 is 191. The standard InChI is InChI=1S/C20H8F14O2/c21-15(22,23)11-6-5-10(8-3-1-2-4-9(8)11)12(35)7-13(36)14(20(32,33)34)16(24,25)18(28,29)19(30,31)17(14,26)27/h1-7,35H/b12-7-. The molecule has 0 atom stereocenters. The Labute approximate surface area is 189 Å². The number of alkyl halides is 14. The van der Waals surface area contributed by atoms with Gasteiger partial charge in [-0.2, -0.15) is 61.5 Å². The topological polar surface area (TPSA) is 37.3 Å². The molecule has 3 rings (SSSR count). The fraction of sp³-hybridized carbons (Fsp3) is 0.350. The van der Waals surface area contributed by atoms with E-state index in [2.05, 4.69) is 0 Å². The van der Waals surface area contributed by atoms with Gasteiger partial charge in [0.25, 0.3) is 5.41 Å². The average Bonchev–Trinajstić information content (AvgIpc) is 2.76. The molecule has 0 radical (unpaired) electrons. The largest absolute Gasteiger partial charge is 0.507 e. The van der Waals surface area contributed by atoms with Crippen LogP contribution in [0.1, 0.15) is 11.1 Å². The van der Waals surface area contributed by atoms with Crippen LogP contribution in [0.25, 0.3) is 16.5 Å². The third-order valence-corrected chi connectivity index (χ3v) is 5.69. The molecule has 1 aliphatic carbocycles. The molecule has 0 unspecified atom stereocenters. The van der Waals surface area contributed by atoms with Gasteiger partial charge in [0.2, 0.25) is 0 Å². The van der Waals surface area contributed by atoms with Crippen LogP contribution < -0.4 is 0 Å². The second-order valence-corrected chi connectivity index (χ2v) is 7.64. The smallest absolute Gasteiger partial charge is 0.417 e. The number of aliphatic hydroxyl groups is 1. The highest BCUT2D eigenvalue weighted by molar-refractivity contribution is 6.05. The summed E-state index contributed by atoms with van der Waals surface area (Å²) in [4.78, 5) is 12.2. The van der Waals surface area contributed by atoms with Crippen LogP contribution in [-0.4, -0.2) is 40.8 Å². The predicted octanol–water partition coefficient (Wildman–Crippen LogP) is 7.43. The first kappa shape index (κ1) is 27.5. The Kier molecular flexibility index (Phi) is 5.71. The maximum atomic E-state index is 14.2. The minimum absolute atomic E-state index is 0.215. The zero-order chi connectivity index (χ0) is 27.9. The Morgan fingerprint density at radius 1 is 0.694 bits per heavy atom. The minimum Gasteiger partial charge on any atom is -0.507 e. The van der Waals surface area contributed by atoms with Crippen molar-refractivity contribution in [1.82, 2.24) is 0 Å². The van der Waals surface area contributed by atoms with Crippen LogP contribution in [0.3, 0.4) is 0 Å². The van der Waals surface area contributed by atoms with E-state index in [0.29, 0.717) is 6.07 Å². The summed E-state index contributed by atoms with van der Waals surface area (Å²) in [6, 6.07) is 4.11. The van der Waals surface area contributed by atoms with Crippen molar-refractivity contribution in [3.8, 4) is 0 Å². The van der Waals surface area contributed by atoms with Gasteiger partial charge in [0.1, 0.15) is 5.76 Å². The molecule has 1 aliphatic rings. The number of carbonyl (C=O) groups excluding carboxylic acids is 1. The number of allylic oxidation sites excluding steroid dienone is 1. The maximum absolute atomic E-state index is 14.2. The predicted molar refractivity (Wildman–Crippen MR) is 92.8 cm³/mol. The van der Waals surface area contributed by atoms with E-state index in [1.54, 1.807) is 0 Å². The van der Waals surface area contributed by atoms with E-state index in [4.69, 9.17) is 0 Å². The Balaban J connectivity index is 2.32. The summed E-state index contributed by atoms with van der Waals surface area (Å²) in [5, 5.41) is 8.58. The quantitative estimate of drug-likeness (QED) is 0.247. The van der Waals surface area contributed by atoms with Crippen molar-refractivity contribution in [3.05, 3.63) is 53.6 Å². The van der Waals surface area contributed by atoms with Crippen molar-refractivity contribution < 1.29 is 71.4 Å². The third kappa shape index (κ3) is 3.07. The molecule has 2 nitrogen and oxygen atoms in total. The van der Waals surface area contributed by atoms with Gasteiger partial charge in [-0.3, -0.25) is 4.79 Å². The molecule has 0 aliphatic heterocycles. The summed E-state index contributed by atoms with van der Waals surface area (Å²) in [6.07, 6.45) is -13.6. The SMILES string of the molecule is O=C(/C=C(\O)c1ccc(C(F)(F)F)c2ccccc12)C1(C(F)(F)F)C(F)(F)C(F)(F)C(F)(F)C1(F)F. The first-order chi connectivity index (χ1) is 16.0. The van der Waals surface area contributed by atoms with Crippen molar-refractivity contribution in [2.24, 2.45) is 5.41 Å². The van der Waals surface area contributed by atoms with Crippen molar-refractivity contribution >= 4 is 22.3 Å². The van der Waals surface area contributed by atoms with Crippen LogP contribution in [-0.2, 0) is 11.0 Å². The molecule has 1 N–H and O–H groups in total. The van der Waals surface area contributed by atoms with Crippen molar-refractivity contribution in [1.29, 1.82) is 0 Å². The zero-order valence-electron chi connectivity index (χ0n) is 16.7. The van der Waals surface area contributed by atoms with Crippen molar-refractivity contribution in [2.45, 2.75) is 36.0 Å². The molecule has 2 aromatic carbocycles.